The SMILES string of the molecule is CSC1=NN2C(=c3cc(Br)ccc3=NC2c2cccc(Oc3ccccc3)c2)C(=O)N1. The van der Waals surface area contributed by atoms with Crippen molar-refractivity contribution in [2.45, 2.75) is 6.17 Å². The average Bonchev–Trinajstić information content (AvgIpc) is 2.79. The molecule has 2 aliphatic heterocycles. The molecule has 0 fully saturated rings. The second kappa shape index (κ2) is 8.20. The van der Waals surface area contributed by atoms with Crippen molar-refractivity contribution in [2.24, 2.45) is 10.1 Å². The van der Waals surface area contributed by atoms with E-state index in [0.717, 1.165) is 26.4 Å². The minimum atomic E-state index is -0.490. The summed E-state index contributed by atoms with van der Waals surface area (Å²) in [5.41, 5.74) is 1.35. The molecule has 31 heavy (non-hydrogen) atoms. The monoisotopic (exact) mass is 492 g/mol. The van der Waals surface area contributed by atoms with E-state index in [1.165, 1.54) is 11.8 Å². The molecule has 1 unspecified atom stereocenters. The number of hydrogen-bond acceptors (Lipinski definition) is 6. The van der Waals surface area contributed by atoms with Crippen molar-refractivity contribution in [2.75, 3.05) is 6.26 Å². The molecule has 1 atom stereocenters. The lowest BCUT2D eigenvalue weighted by Crippen LogP contribution is -2.50. The molecule has 5 rings (SSSR count). The summed E-state index contributed by atoms with van der Waals surface area (Å²) in [6, 6.07) is 23.0. The van der Waals surface area contributed by atoms with E-state index in [2.05, 4.69) is 26.3 Å². The van der Waals surface area contributed by atoms with Crippen molar-refractivity contribution < 1.29 is 9.53 Å². The fraction of sp³-hybridized carbons (Fsp3) is 0.0870. The van der Waals surface area contributed by atoms with Crippen LogP contribution in [0.4, 0.5) is 0 Å². The van der Waals surface area contributed by atoms with Crippen molar-refractivity contribution in [3.8, 4) is 11.5 Å². The van der Waals surface area contributed by atoms with Crippen LogP contribution in [0.5, 0.6) is 11.5 Å². The van der Waals surface area contributed by atoms with Crippen molar-refractivity contribution in [3.63, 3.8) is 0 Å². The Morgan fingerprint density at radius 3 is 2.65 bits per heavy atom. The first-order chi connectivity index (χ1) is 15.1. The lowest BCUT2D eigenvalue weighted by molar-refractivity contribution is -0.116. The van der Waals surface area contributed by atoms with Crippen LogP contribution in [-0.4, -0.2) is 22.3 Å². The third-order valence-electron chi connectivity index (χ3n) is 4.90. The van der Waals surface area contributed by atoms with Gasteiger partial charge in [0.2, 0.25) is 0 Å². The van der Waals surface area contributed by atoms with E-state index in [1.807, 2.05) is 79.1 Å². The lowest BCUT2D eigenvalue weighted by Gasteiger charge is -2.34. The van der Waals surface area contributed by atoms with Crippen LogP contribution >= 0.6 is 27.7 Å². The van der Waals surface area contributed by atoms with Gasteiger partial charge >= 0.3 is 0 Å². The van der Waals surface area contributed by atoms with Gasteiger partial charge in [0, 0.05) is 15.3 Å². The minimum Gasteiger partial charge on any atom is -0.457 e. The molecule has 0 aromatic heterocycles. The fourth-order valence-corrected chi connectivity index (χ4v) is 4.25. The van der Waals surface area contributed by atoms with E-state index < -0.39 is 6.17 Å². The van der Waals surface area contributed by atoms with E-state index in [1.54, 1.807) is 5.01 Å². The van der Waals surface area contributed by atoms with E-state index in [-0.39, 0.29) is 5.91 Å². The number of hydrazone groups is 1. The Morgan fingerprint density at radius 1 is 1.03 bits per heavy atom. The van der Waals surface area contributed by atoms with E-state index >= 15 is 0 Å². The number of amides is 1. The number of nitrogens with zero attached hydrogens (tertiary/aromatic N) is 3. The summed E-state index contributed by atoms with van der Waals surface area (Å²) in [4.78, 5) is 17.9. The Balaban J connectivity index is 1.63. The molecule has 0 saturated carbocycles. The maximum absolute atomic E-state index is 13.0. The Labute approximate surface area is 191 Å². The summed E-state index contributed by atoms with van der Waals surface area (Å²) in [5.74, 6) is 1.25. The standard InChI is InChI=1S/C23H17BrN4O2S/c1-31-23-26-22(29)20-18-13-15(24)10-11-19(18)25-21(28(20)27-23)14-6-5-9-17(12-14)30-16-7-3-2-4-8-16/h2-13,21H,1H3,(H,26,27,29). The second-order valence-corrected chi connectivity index (χ2v) is 8.62. The van der Waals surface area contributed by atoms with Crippen LogP contribution in [0, 0.1) is 0 Å². The van der Waals surface area contributed by atoms with Gasteiger partial charge < -0.3 is 4.74 Å². The molecular weight excluding hydrogens is 476 g/mol. The number of fused-ring (bicyclic) bond motifs is 2. The molecule has 3 aromatic carbocycles. The molecule has 6 nitrogen and oxygen atoms in total. The minimum absolute atomic E-state index is 0.199. The van der Waals surface area contributed by atoms with E-state index in [0.29, 0.717) is 16.6 Å². The predicted molar refractivity (Wildman–Crippen MR) is 125 cm³/mol. The van der Waals surface area contributed by atoms with Crippen LogP contribution in [0.1, 0.15) is 11.7 Å². The van der Waals surface area contributed by atoms with Gasteiger partial charge in [0.25, 0.3) is 5.91 Å². The van der Waals surface area contributed by atoms with Gasteiger partial charge in [0.05, 0.1) is 5.36 Å². The molecule has 2 heterocycles. The zero-order valence-corrected chi connectivity index (χ0v) is 18.9. The summed E-state index contributed by atoms with van der Waals surface area (Å²) in [5, 5.41) is 11.2. The normalized spacial score (nSPS) is 17.2. The number of amidine groups is 1. The van der Waals surface area contributed by atoms with Gasteiger partial charge in [-0.05, 0) is 48.7 Å². The highest BCUT2D eigenvalue weighted by Gasteiger charge is 2.34. The topological polar surface area (TPSA) is 66.3 Å². The van der Waals surface area contributed by atoms with Crippen LogP contribution in [0.2, 0.25) is 0 Å². The maximum atomic E-state index is 13.0. The highest BCUT2D eigenvalue weighted by Crippen LogP contribution is 2.33. The van der Waals surface area contributed by atoms with Crippen LogP contribution in [0.25, 0.3) is 5.70 Å². The van der Waals surface area contributed by atoms with Crippen LogP contribution in [0.15, 0.2) is 87.4 Å². The predicted octanol–water partition coefficient (Wildman–Crippen LogP) is 3.75. The number of halogens is 1. The number of rotatable bonds is 3. The summed E-state index contributed by atoms with van der Waals surface area (Å²) in [7, 11) is 0. The third-order valence-corrected chi connectivity index (χ3v) is 5.96. The van der Waals surface area contributed by atoms with Crippen molar-refractivity contribution in [1.29, 1.82) is 0 Å². The van der Waals surface area contributed by atoms with Gasteiger partial charge in [0.15, 0.2) is 11.3 Å². The molecule has 0 bridgehead atoms. The van der Waals surface area contributed by atoms with Crippen LogP contribution in [-0.2, 0) is 4.79 Å². The number of nitrogens with one attached hydrogen (secondary N) is 1. The van der Waals surface area contributed by atoms with Crippen LogP contribution in [0.3, 0.4) is 0 Å². The number of thioether (sulfide) groups is 1. The molecule has 0 spiro atoms. The van der Waals surface area contributed by atoms with Gasteiger partial charge in [-0.1, -0.05) is 58.0 Å². The lowest BCUT2D eigenvalue weighted by atomic mass is 10.1. The van der Waals surface area contributed by atoms with E-state index in [9.17, 15) is 4.79 Å². The Morgan fingerprint density at radius 2 is 1.84 bits per heavy atom. The number of para-hydroxylation sites is 1. The molecule has 3 aromatic rings. The summed E-state index contributed by atoms with van der Waals surface area (Å²) in [6.45, 7) is 0. The van der Waals surface area contributed by atoms with Gasteiger partial charge in [0.1, 0.15) is 17.2 Å². The average molecular weight is 493 g/mol. The molecule has 0 aliphatic carbocycles. The summed E-state index contributed by atoms with van der Waals surface area (Å²) >= 11 is 4.87. The molecule has 154 valence electrons. The van der Waals surface area contributed by atoms with Gasteiger partial charge in [-0.2, -0.15) is 0 Å². The molecule has 0 radical (unpaired) electrons. The first kappa shape index (κ1) is 19.8. The van der Waals surface area contributed by atoms with E-state index in [4.69, 9.17) is 9.73 Å². The van der Waals surface area contributed by atoms with Crippen LogP contribution < -0.4 is 20.6 Å². The maximum Gasteiger partial charge on any atom is 0.276 e. The molecule has 2 aliphatic rings. The smallest absolute Gasteiger partial charge is 0.276 e. The third kappa shape index (κ3) is 3.84. The number of hydrogen-bond donors (Lipinski definition) is 1. The highest BCUT2D eigenvalue weighted by molar-refractivity contribution is 9.10. The zero-order chi connectivity index (χ0) is 21.4. The Kier molecular flexibility index (Phi) is 5.25. The van der Waals surface area contributed by atoms with Gasteiger partial charge in [-0.25, -0.2) is 5.01 Å². The fourth-order valence-electron chi connectivity index (χ4n) is 3.52. The van der Waals surface area contributed by atoms with Crippen molar-refractivity contribution in [3.05, 3.63) is 93.4 Å². The largest absolute Gasteiger partial charge is 0.457 e. The quantitative estimate of drug-likeness (QED) is 0.604. The molecular formula is C23H17BrN4O2S. The highest BCUT2D eigenvalue weighted by atomic mass is 79.9. The second-order valence-electron chi connectivity index (χ2n) is 6.91. The summed E-state index contributed by atoms with van der Waals surface area (Å²) < 4.78 is 6.88. The molecule has 8 heteroatoms. The Bertz CT molecular complexity index is 1330. The number of carbonyl (C=O) groups is 1. The molecule has 0 saturated heterocycles. The first-order valence-corrected chi connectivity index (χ1v) is 11.6. The molecule has 1 N–H and O–H groups in total. The Hall–Kier alpha value is -3.10. The van der Waals surface area contributed by atoms with Gasteiger partial charge in [-0.3, -0.25) is 15.1 Å². The number of ether oxygens (including phenoxy) is 1. The molecule has 1 amide bonds. The zero-order valence-electron chi connectivity index (χ0n) is 16.4. The first-order valence-electron chi connectivity index (χ1n) is 9.56. The summed E-state index contributed by atoms with van der Waals surface area (Å²) in [6.07, 6.45) is 1.38. The van der Waals surface area contributed by atoms with Crippen molar-refractivity contribution in [1.82, 2.24) is 10.3 Å². The number of carbonyl (C=O) groups excluding carboxylic acids is 1. The van der Waals surface area contributed by atoms with Crippen molar-refractivity contribution >= 4 is 44.5 Å². The van der Waals surface area contributed by atoms with Gasteiger partial charge in [-0.15, -0.1) is 5.10 Å². The number of benzene rings is 3.